The van der Waals surface area contributed by atoms with Gasteiger partial charge in [-0.2, -0.15) is 0 Å². The molecule has 0 aromatic rings. The Labute approximate surface area is 156 Å². The highest BCUT2D eigenvalue weighted by Crippen LogP contribution is 2.16. The number of hydrogen-bond donors (Lipinski definition) is 2. The van der Waals surface area contributed by atoms with Gasteiger partial charge in [-0.1, -0.05) is 12.8 Å². The molecule has 0 saturated heterocycles. The summed E-state index contributed by atoms with van der Waals surface area (Å²) in [5.41, 5.74) is 0. The van der Waals surface area contributed by atoms with Crippen LogP contribution >= 0.6 is 0 Å². The van der Waals surface area contributed by atoms with Crippen molar-refractivity contribution in [1.82, 2.24) is 4.90 Å². The summed E-state index contributed by atoms with van der Waals surface area (Å²) in [5.74, 6) is -1.76. The van der Waals surface area contributed by atoms with Crippen LogP contribution in [-0.2, 0) is 19.1 Å². The second kappa shape index (κ2) is 15.6. The third-order valence-corrected chi connectivity index (χ3v) is 4.12. The van der Waals surface area contributed by atoms with Crippen LogP contribution in [0.4, 0.5) is 0 Å². The van der Waals surface area contributed by atoms with Crippen molar-refractivity contribution in [2.24, 2.45) is 0 Å². The number of carboxylic acid groups (broad SMARTS) is 2. The van der Waals surface area contributed by atoms with E-state index in [-0.39, 0.29) is 24.9 Å². The highest BCUT2D eigenvalue weighted by atomic mass is 16.5. The summed E-state index contributed by atoms with van der Waals surface area (Å²) in [4.78, 5) is 35.1. The number of unbranched alkanes of at least 4 members (excludes halogenated alkanes) is 4. The molecule has 0 atom stereocenters. The van der Waals surface area contributed by atoms with Crippen LogP contribution in [0, 0.1) is 0 Å². The van der Waals surface area contributed by atoms with E-state index in [1.807, 2.05) is 19.0 Å². The minimum atomic E-state index is -0.785. The third kappa shape index (κ3) is 17.2. The van der Waals surface area contributed by atoms with Crippen LogP contribution in [0.1, 0.15) is 77.0 Å². The van der Waals surface area contributed by atoms with Crippen LogP contribution in [0.25, 0.3) is 0 Å². The second-order valence-electron chi connectivity index (χ2n) is 7.00. The fourth-order valence-corrected chi connectivity index (χ4v) is 2.70. The Bertz CT molecular complexity index is 387. The molecule has 0 spiro atoms. The number of carbonyl (C=O) groups is 3. The van der Waals surface area contributed by atoms with E-state index in [1.54, 1.807) is 0 Å². The summed E-state index contributed by atoms with van der Waals surface area (Å²) in [5, 5.41) is 17.3. The maximum Gasteiger partial charge on any atom is 0.306 e. The largest absolute Gasteiger partial charge is 0.481 e. The molecular formula is C19H35NO6. The number of carboxylic acids is 2. The second-order valence-corrected chi connectivity index (χ2v) is 7.00. The zero-order valence-electron chi connectivity index (χ0n) is 16.2. The van der Waals surface area contributed by atoms with Gasteiger partial charge in [0.25, 0.3) is 0 Å². The summed E-state index contributed by atoms with van der Waals surface area (Å²) in [6, 6.07) is 0. The zero-order valence-corrected chi connectivity index (χ0v) is 16.2. The number of aliphatic carboxylic acids is 2. The summed E-state index contributed by atoms with van der Waals surface area (Å²) in [6.07, 6.45) is 7.36. The van der Waals surface area contributed by atoms with Gasteiger partial charge in [0.05, 0.1) is 0 Å². The Morgan fingerprint density at radius 1 is 0.769 bits per heavy atom. The standard InChI is InChI=1S/C19H35NO6/c1-20(2)15-9-14-19(25)26-16(10-5-3-7-12-17(21)22)11-6-4-8-13-18(23)24/h16H,3-15H2,1-2H3,(H,21,22)(H,23,24). The van der Waals surface area contributed by atoms with E-state index in [0.29, 0.717) is 19.3 Å². The number of esters is 1. The number of nitrogens with zero attached hydrogens (tertiary/aromatic N) is 1. The van der Waals surface area contributed by atoms with Gasteiger partial charge in [-0.3, -0.25) is 14.4 Å². The molecule has 26 heavy (non-hydrogen) atoms. The lowest BCUT2D eigenvalue weighted by molar-refractivity contribution is -0.150. The lowest BCUT2D eigenvalue weighted by Gasteiger charge is -2.18. The molecule has 0 bridgehead atoms. The summed E-state index contributed by atoms with van der Waals surface area (Å²) >= 11 is 0. The number of ether oxygens (including phenoxy) is 1. The van der Waals surface area contributed by atoms with Gasteiger partial charge in [-0.15, -0.1) is 0 Å². The fourth-order valence-electron chi connectivity index (χ4n) is 2.70. The summed E-state index contributed by atoms with van der Waals surface area (Å²) < 4.78 is 5.60. The minimum Gasteiger partial charge on any atom is -0.481 e. The average Bonchev–Trinajstić information content (AvgIpc) is 2.52. The zero-order chi connectivity index (χ0) is 19.8. The van der Waals surface area contributed by atoms with E-state index in [2.05, 4.69) is 0 Å². The quantitative estimate of drug-likeness (QED) is 0.298. The molecule has 0 amide bonds. The van der Waals surface area contributed by atoms with E-state index in [9.17, 15) is 14.4 Å². The Morgan fingerprint density at radius 2 is 1.27 bits per heavy atom. The van der Waals surface area contributed by atoms with E-state index in [1.165, 1.54) is 0 Å². The first-order chi connectivity index (χ1) is 12.3. The smallest absolute Gasteiger partial charge is 0.306 e. The molecule has 0 aliphatic heterocycles. The SMILES string of the molecule is CN(C)CCCC(=O)OC(CCCCCC(=O)O)CCCCCC(=O)O. The van der Waals surface area contributed by atoms with Crippen molar-refractivity contribution < 1.29 is 29.3 Å². The number of hydrogen-bond acceptors (Lipinski definition) is 5. The topological polar surface area (TPSA) is 104 Å². The van der Waals surface area contributed by atoms with Crippen LogP contribution in [0.5, 0.6) is 0 Å². The summed E-state index contributed by atoms with van der Waals surface area (Å²) in [7, 11) is 3.92. The molecule has 152 valence electrons. The molecule has 0 heterocycles. The van der Waals surface area contributed by atoms with Crippen molar-refractivity contribution in [2.45, 2.75) is 83.2 Å². The first-order valence-electron chi connectivity index (χ1n) is 9.59. The molecular weight excluding hydrogens is 338 g/mol. The van der Waals surface area contributed by atoms with Gasteiger partial charge in [-0.25, -0.2) is 0 Å². The van der Waals surface area contributed by atoms with Crippen LogP contribution < -0.4 is 0 Å². The highest BCUT2D eigenvalue weighted by Gasteiger charge is 2.14. The monoisotopic (exact) mass is 373 g/mol. The highest BCUT2D eigenvalue weighted by molar-refractivity contribution is 5.69. The van der Waals surface area contributed by atoms with Crippen molar-refractivity contribution in [3.05, 3.63) is 0 Å². The van der Waals surface area contributed by atoms with Gasteiger partial charge in [0.1, 0.15) is 6.10 Å². The normalized spacial score (nSPS) is 11.1. The minimum absolute atomic E-state index is 0.156. The van der Waals surface area contributed by atoms with Crippen molar-refractivity contribution in [1.29, 1.82) is 0 Å². The van der Waals surface area contributed by atoms with Gasteiger partial charge in [0, 0.05) is 19.3 Å². The molecule has 7 nitrogen and oxygen atoms in total. The van der Waals surface area contributed by atoms with Gasteiger partial charge in [0.2, 0.25) is 0 Å². The fraction of sp³-hybridized carbons (Fsp3) is 0.842. The molecule has 0 aliphatic rings. The Kier molecular flexibility index (Phi) is 14.6. The van der Waals surface area contributed by atoms with Crippen LogP contribution in [0.2, 0.25) is 0 Å². The molecule has 0 radical (unpaired) electrons. The maximum atomic E-state index is 12.0. The molecule has 7 heteroatoms. The molecule has 0 unspecified atom stereocenters. The van der Waals surface area contributed by atoms with Crippen molar-refractivity contribution >= 4 is 17.9 Å². The van der Waals surface area contributed by atoms with Gasteiger partial charge < -0.3 is 19.8 Å². The third-order valence-electron chi connectivity index (χ3n) is 4.12. The predicted octanol–water partition coefficient (Wildman–Crippen LogP) is 3.31. The molecule has 0 saturated carbocycles. The Morgan fingerprint density at radius 3 is 1.69 bits per heavy atom. The molecule has 0 aliphatic carbocycles. The maximum absolute atomic E-state index is 12.0. The lowest BCUT2D eigenvalue weighted by Crippen LogP contribution is -2.20. The molecule has 0 aromatic heterocycles. The molecule has 2 N–H and O–H groups in total. The molecule has 0 aromatic carbocycles. The first kappa shape index (κ1) is 24.4. The van der Waals surface area contributed by atoms with Crippen LogP contribution in [0.15, 0.2) is 0 Å². The average molecular weight is 373 g/mol. The van der Waals surface area contributed by atoms with Gasteiger partial charge in [0.15, 0.2) is 0 Å². The Hall–Kier alpha value is -1.63. The van der Waals surface area contributed by atoms with Gasteiger partial charge >= 0.3 is 17.9 Å². The van der Waals surface area contributed by atoms with Crippen molar-refractivity contribution in [3.63, 3.8) is 0 Å². The van der Waals surface area contributed by atoms with Gasteiger partial charge in [-0.05, 0) is 65.6 Å². The Balaban J connectivity index is 4.14. The lowest BCUT2D eigenvalue weighted by atomic mass is 10.0. The molecule has 0 rings (SSSR count). The predicted molar refractivity (Wildman–Crippen MR) is 99.1 cm³/mol. The summed E-state index contributed by atoms with van der Waals surface area (Å²) in [6.45, 7) is 0.837. The van der Waals surface area contributed by atoms with Crippen molar-refractivity contribution in [2.75, 3.05) is 20.6 Å². The number of rotatable bonds is 17. The van der Waals surface area contributed by atoms with E-state index in [0.717, 1.165) is 51.5 Å². The van der Waals surface area contributed by atoms with E-state index in [4.69, 9.17) is 14.9 Å². The molecule has 0 fully saturated rings. The van der Waals surface area contributed by atoms with Crippen molar-refractivity contribution in [3.8, 4) is 0 Å². The van der Waals surface area contributed by atoms with Crippen LogP contribution in [0.3, 0.4) is 0 Å². The van der Waals surface area contributed by atoms with Crippen LogP contribution in [-0.4, -0.2) is 59.8 Å². The van der Waals surface area contributed by atoms with E-state index >= 15 is 0 Å². The van der Waals surface area contributed by atoms with E-state index < -0.39 is 11.9 Å². The number of carbonyl (C=O) groups excluding carboxylic acids is 1. The first-order valence-corrected chi connectivity index (χ1v) is 9.59.